The second kappa shape index (κ2) is 3.05. The van der Waals surface area contributed by atoms with Crippen molar-refractivity contribution < 1.29 is 21.6 Å². The van der Waals surface area contributed by atoms with E-state index in [1.807, 2.05) is 7.11 Å². The molecule has 0 saturated carbocycles. The van der Waals surface area contributed by atoms with E-state index >= 15 is 0 Å². The van der Waals surface area contributed by atoms with Gasteiger partial charge >= 0.3 is 7.25 Å². The zero-order valence-electron chi connectivity index (χ0n) is 4.91. The molecule has 0 N–H and O–H groups in total. The molecule has 0 amide bonds. The Morgan fingerprint density at radius 2 is 1.22 bits per heavy atom. The summed E-state index contributed by atoms with van der Waals surface area (Å²) in [7, 11) is -3.97. The Hall–Kier alpha value is -0.255. The Labute approximate surface area is 50.4 Å². The van der Waals surface area contributed by atoms with Crippen LogP contribution in [0.1, 0.15) is 0 Å². The molecule has 56 valence electrons. The number of epoxide rings is 1. The summed E-state index contributed by atoms with van der Waals surface area (Å²) in [6.45, 7) is 2.47. The van der Waals surface area contributed by atoms with E-state index in [2.05, 4.69) is 4.37 Å². The average molecular weight is 146 g/mol. The lowest BCUT2D eigenvalue weighted by atomic mass is 10.3. The molecule has 1 rings (SSSR count). The maximum absolute atomic E-state index is 9.75. The first-order valence-corrected chi connectivity index (χ1v) is 2.36. The molecule has 1 aliphatic rings. The summed E-state index contributed by atoms with van der Waals surface area (Å²) >= 11 is 0. The Kier molecular flexibility index (Phi) is 2.97. The van der Waals surface area contributed by atoms with Crippen molar-refractivity contribution in [2.75, 3.05) is 20.3 Å². The van der Waals surface area contributed by atoms with E-state index in [1.54, 1.807) is 0 Å². The van der Waals surface area contributed by atoms with E-state index in [9.17, 15) is 17.3 Å². The molecule has 0 unspecified atom stereocenters. The molecule has 1 fully saturated rings. The molecule has 1 nitrogen and oxygen atoms in total. The molecule has 1 aliphatic heterocycles. The van der Waals surface area contributed by atoms with Gasteiger partial charge < -0.3 is 21.6 Å². The van der Waals surface area contributed by atoms with Crippen molar-refractivity contribution in [3.63, 3.8) is 0 Å². The van der Waals surface area contributed by atoms with Gasteiger partial charge in [-0.25, -0.2) is 0 Å². The summed E-state index contributed by atoms with van der Waals surface area (Å²) in [5, 5.41) is 0. The molecular formula is C3H7BF4O. The van der Waals surface area contributed by atoms with Crippen molar-refractivity contribution in [3.8, 4) is 0 Å². The zero-order chi connectivity index (χ0) is 7.49. The quantitative estimate of drug-likeness (QED) is 0.210. The van der Waals surface area contributed by atoms with E-state index in [0.29, 0.717) is 0 Å². The van der Waals surface area contributed by atoms with Crippen molar-refractivity contribution >= 4 is 7.25 Å². The van der Waals surface area contributed by atoms with Crippen molar-refractivity contribution in [1.82, 2.24) is 0 Å². The summed E-state index contributed by atoms with van der Waals surface area (Å²) in [4.78, 5) is 0. The monoisotopic (exact) mass is 146 g/mol. The molecule has 6 heteroatoms. The van der Waals surface area contributed by atoms with Crippen LogP contribution < -0.4 is 0 Å². The van der Waals surface area contributed by atoms with E-state index in [-0.39, 0.29) is 0 Å². The lowest BCUT2D eigenvalue weighted by Gasteiger charge is -1.94. The maximum Gasteiger partial charge on any atom is 0.673 e. The number of hydrogen-bond acceptors (Lipinski definition) is 0. The molecule has 0 aromatic rings. The van der Waals surface area contributed by atoms with Crippen LogP contribution in [0.3, 0.4) is 0 Å². The molecule has 0 aliphatic carbocycles. The van der Waals surface area contributed by atoms with Gasteiger partial charge in [0.25, 0.3) is 0 Å². The summed E-state index contributed by atoms with van der Waals surface area (Å²) in [5.74, 6) is 0. The number of hydrogen-bond donors (Lipinski definition) is 0. The predicted molar refractivity (Wildman–Crippen MR) is 26.9 cm³/mol. The standard InChI is InChI=1S/C3H7O.BF4/c1-4-2-3-4;2-1(3,4)5/h2-3H2,1H3;/q+1;-1. The van der Waals surface area contributed by atoms with Crippen LogP contribution in [0, 0.1) is 0 Å². The van der Waals surface area contributed by atoms with Crippen LogP contribution in [-0.4, -0.2) is 27.6 Å². The number of halogens is 4. The molecule has 9 heavy (non-hydrogen) atoms. The van der Waals surface area contributed by atoms with Crippen LogP contribution in [0.15, 0.2) is 0 Å². The zero-order valence-corrected chi connectivity index (χ0v) is 4.91. The summed E-state index contributed by atoms with van der Waals surface area (Å²) < 4.78 is 41.8. The fraction of sp³-hybridized carbons (Fsp3) is 1.00. The first-order valence-electron chi connectivity index (χ1n) is 2.36. The Morgan fingerprint density at radius 1 is 1.11 bits per heavy atom. The molecule has 1 heterocycles. The minimum Gasteiger partial charge on any atom is -0.418 e. The lowest BCUT2D eigenvalue weighted by molar-refractivity contribution is 0.147. The third-order valence-corrected chi connectivity index (χ3v) is 0.612. The second-order valence-corrected chi connectivity index (χ2v) is 1.68. The molecule has 0 radical (unpaired) electrons. The van der Waals surface area contributed by atoms with Gasteiger partial charge in [0.15, 0.2) is 0 Å². The van der Waals surface area contributed by atoms with Gasteiger partial charge in [-0.3, -0.25) is 0 Å². The minimum atomic E-state index is -6.00. The maximum atomic E-state index is 9.75. The highest BCUT2D eigenvalue weighted by molar-refractivity contribution is 6.50. The van der Waals surface area contributed by atoms with Crippen LogP contribution in [0.4, 0.5) is 17.3 Å². The van der Waals surface area contributed by atoms with Gasteiger partial charge in [0.1, 0.15) is 7.11 Å². The normalized spacial score (nSPS) is 18.3. The van der Waals surface area contributed by atoms with Crippen molar-refractivity contribution in [1.29, 1.82) is 0 Å². The summed E-state index contributed by atoms with van der Waals surface area (Å²) in [6, 6.07) is 0. The Balaban J connectivity index is 0.000000144. The highest BCUT2D eigenvalue weighted by Gasteiger charge is 2.20. The third-order valence-electron chi connectivity index (χ3n) is 0.612. The molecule has 0 atom stereocenters. The van der Waals surface area contributed by atoms with E-state index in [1.165, 1.54) is 13.2 Å². The summed E-state index contributed by atoms with van der Waals surface area (Å²) in [6.07, 6.45) is 0. The molecular weight excluding hydrogens is 139 g/mol. The molecule has 0 bridgehead atoms. The van der Waals surface area contributed by atoms with Crippen LogP contribution in [0.5, 0.6) is 0 Å². The predicted octanol–water partition coefficient (Wildman–Crippen LogP) is 1.48. The van der Waals surface area contributed by atoms with E-state index in [4.69, 9.17) is 0 Å². The van der Waals surface area contributed by atoms with Crippen LogP contribution in [0.25, 0.3) is 0 Å². The van der Waals surface area contributed by atoms with Crippen molar-refractivity contribution in [2.45, 2.75) is 0 Å². The average Bonchev–Trinajstić information content (AvgIpc) is 2.13. The van der Waals surface area contributed by atoms with Crippen LogP contribution in [0.2, 0.25) is 0 Å². The lowest BCUT2D eigenvalue weighted by Crippen LogP contribution is -2.02. The van der Waals surface area contributed by atoms with Gasteiger partial charge in [0, 0.05) is 0 Å². The second-order valence-electron chi connectivity index (χ2n) is 1.68. The fourth-order valence-electron chi connectivity index (χ4n) is 0.0833. The van der Waals surface area contributed by atoms with E-state index in [0.717, 1.165) is 0 Å². The molecule has 0 aromatic heterocycles. The molecule has 0 aromatic carbocycles. The molecule has 0 spiro atoms. The van der Waals surface area contributed by atoms with Crippen molar-refractivity contribution in [3.05, 3.63) is 0 Å². The highest BCUT2D eigenvalue weighted by atomic mass is 19.5. The first-order chi connectivity index (χ1) is 3.89. The minimum absolute atomic E-state index is 1.24. The van der Waals surface area contributed by atoms with E-state index < -0.39 is 7.25 Å². The largest absolute Gasteiger partial charge is 0.673 e. The topological polar surface area (TPSA) is 2.70 Å². The Morgan fingerprint density at radius 3 is 1.22 bits per heavy atom. The van der Waals surface area contributed by atoms with Gasteiger partial charge in [-0.05, 0) is 0 Å². The first kappa shape index (κ1) is 8.74. The number of rotatable bonds is 0. The Bertz CT molecular complexity index is 72.4. The summed E-state index contributed by atoms with van der Waals surface area (Å²) in [5.41, 5.74) is 0. The van der Waals surface area contributed by atoms with Gasteiger partial charge in [-0.1, -0.05) is 0 Å². The van der Waals surface area contributed by atoms with Gasteiger partial charge in [-0.15, -0.1) is 0 Å². The van der Waals surface area contributed by atoms with Crippen LogP contribution in [-0.2, 0) is 4.37 Å². The SMILES string of the molecule is C[O+]1CC1.F[B-](F)(F)F. The fourth-order valence-corrected chi connectivity index (χ4v) is 0.0833. The molecule has 1 saturated heterocycles. The highest BCUT2D eigenvalue weighted by Crippen LogP contribution is 2.06. The third kappa shape index (κ3) is 33.9. The van der Waals surface area contributed by atoms with Gasteiger partial charge in [-0.2, -0.15) is 0 Å². The van der Waals surface area contributed by atoms with Crippen LogP contribution >= 0.6 is 0 Å². The van der Waals surface area contributed by atoms with Gasteiger partial charge in [0.2, 0.25) is 13.2 Å². The van der Waals surface area contributed by atoms with Crippen molar-refractivity contribution in [2.24, 2.45) is 0 Å². The smallest absolute Gasteiger partial charge is 0.418 e. The van der Waals surface area contributed by atoms with Gasteiger partial charge in [0.05, 0.1) is 0 Å².